The van der Waals surface area contributed by atoms with Crippen LogP contribution in [0.4, 0.5) is 0 Å². The summed E-state index contributed by atoms with van der Waals surface area (Å²) in [5, 5.41) is 4.03. The maximum atomic E-state index is 4.03. The molecule has 2 aliphatic carbocycles. The third-order valence-electron chi connectivity index (χ3n) is 5.72. The highest BCUT2D eigenvalue weighted by molar-refractivity contribution is 4.94. The number of rotatable bonds is 1. The highest BCUT2D eigenvalue weighted by atomic mass is 15.0. The fourth-order valence-corrected chi connectivity index (χ4v) is 5.06. The van der Waals surface area contributed by atoms with E-state index in [4.69, 9.17) is 0 Å². The molecule has 1 heterocycles. The second-order valence-electron chi connectivity index (χ2n) is 7.33. The molecule has 0 radical (unpaired) electrons. The molecule has 0 bridgehead atoms. The minimum Gasteiger partial charge on any atom is -0.311 e. The van der Waals surface area contributed by atoms with Crippen molar-refractivity contribution >= 4 is 0 Å². The van der Waals surface area contributed by atoms with Crippen molar-refractivity contribution < 1.29 is 0 Å². The van der Waals surface area contributed by atoms with Gasteiger partial charge in [0.05, 0.1) is 0 Å². The summed E-state index contributed by atoms with van der Waals surface area (Å²) < 4.78 is 0. The molecule has 3 aliphatic rings. The summed E-state index contributed by atoms with van der Waals surface area (Å²) in [7, 11) is 0. The number of hydrogen-bond donors (Lipinski definition) is 1. The Kier molecular flexibility index (Phi) is 3.47. The van der Waals surface area contributed by atoms with Crippen molar-refractivity contribution in [1.82, 2.24) is 5.32 Å². The lowest BCUT2D eigenvalue weighted by Crippen LogP contribution is -2.49. The molecular formula is C16H29N. The maximum absolute atomic E-state index is 4.03. The molecule has 1 heteroatoms. The smallest absolute Gasteiger partial charge is 0.00983 e. The Labute approximate surface area is 107 Å². The van der Waals surface area contributed by atoms with Crippen molar-refractivity contribution in [3.8, 4) is 0 Å². The molecule has 0 aromatic heterocycles. The van der Waals surface area contributed by atoms with Gasteiger partial charge in [0, 0.05) is 12.1 Å². The average molecular weight is 235 g/mol. The van der Waals surface area contributed by atoms with Crippen molar-refractivity contribution in [3.63, 3.8) is 0 Å². The van der Waals surface area contributed by atoms with Gasteiger partial charge in [-0.3, -0.25) is 0 Å². The zero-order valence-corrected chi connectivity index (χ0v) is 11.6. The van der Waals surface area contributed by atoms with E-state index in [0.717, 1.165) is 35.8 Å². The van der Waals surface area contributed by atoms with Crippen LogP contribution >= 0.6 is 0 Å². The van der Waals surface area contributed by atoms with Crippen molar-refractivity contribution in [2.24, 2.45) is 23.7 Å². The average Bonchev–Trinajstić information content (AvgIpc) is 2.74. The molecular weight excluding hydrogens is 206 g/mol. The Morgan fingerprint density at radius 1 is 0.706 bits per heavy atom. The molecule has 0 spiro atoms. The Bertz CT molecular complexity index is 252. The molecule has 1 N–H and O–H groups in total. The summed E-state index contributed by atoms with van der Waals surface area (Å²) in [5.41, 5.74) is 0. The molecule has 1 aliphatic heterocycles. The van der Waals surface area contributed by atoms with Gasteiger partial charge >= 0.3 is 0 Å². The molecule has 1 saturated heterocycles. The lowest BCUT2D eigenvalue weighted by molar-refractivity contribution is 0.131. The van der Waals surface area contributed by atoms with Crippen LogP contribution in [0.15, 0.2) is 0 Å². The largest absolute Gasteiger partial charge is 0.311 e. The van der Waals surface area contributed by atoms with Crippen LogP contribution in [0.1, 0.15) is 65.2 Å². The van der Waals surface area contributed by atoms with Crippen LogP contribution in [0.25, 0.3) is 0 Å². The second-order valence-corrected chi connectivity index (χ2v) is 7.33. The first-order valence-corrected chi connectivity index (χ1v) is 7.98. The van der Waals surface area contributed by atoms with E-state index in [0.29, 0.717) is 0 Å². The second kappa shape index (κ2) is 4.91. The first-order valence-electron chi connectivity index (χ1n) is 7.98. The molecule has 3 rings (SSSR count). The lowest BCUT2D eigenvalue weighted by atomic mass is 9.71. The topological polar surface area (TPSA) is 12.0 Å². The van der Waals surface area contributed by atoms with Crippen LogP contribution in [0, 0.1) is 23.7 Å². The number of piperidine rings is 1. The van der Waals surface area contributed by atoms with Gasteiger partial charge < -0.3 is 5.32 Å². The van der Waals surface area contributed by atoms with Gasteiger partial charge in [0.2, 0.25) is 0 Å². The molecule has 0 aromatic rings. The highest BCUT2D eigenvalue weighted by Crippen LogP contribution is 2.40. The van der Waals surface area contributed by atoms with Gasteiger partial charge in [-0.1, -0.05) is 20.3 Å². The number of nitrogens with one attached hydrogen (secondary N) is 1. The number of fused-ring (bicyclic) bond motifs is 1. The summed E-state index contributed by atoms with van der Waals surface area (Å²) in [6.45, 7) is 4.92. The summed E-state index contributed by atoms with van der Waals surface area (Å²) >= 11 is 0. The van der Waals surface area contributed by atoms with Gasteiger partial charge in [0.1, 0.15) is 0 Å². The first kappa shape index (κ1) is 12.0. The fourth-order valence-electron chi connectivity index (χ4n) is 5.06. The maximum Gasteiger partial charge on any atom is 0.00983 e. The monoisotopic (exact) mass is 235 g/mol. The molecule has 1 nitrogen and oxygen atoms in total. The fraction of sp³-hybridized carbons (Fsp3) is 1.00. The quantitative estimate of drug-likeness (QED) is 0.725. The molecule has 0 aromatic carbocycles. The first-order chi connectivity index (χ1) is 8.22. The van der Waals surface area contributed by atoms with Crippen LogP contribution in [0.2, 0.25) is 0 Å². The Hall–Kier alpha value is -0.0400. The van der Waals surface area contributed by atoms with Crippen LogP contribution in [-0.4, -0.2) is 12.1 Å². The van der Waals surface area contributed by atoms with Crippen molar-refractivity contribution in [2.45, 2.75) is 77.3 Å². The summed E-state index contributed by atoms with van der Waals surface area (Å²) in [4.78, 5) is 0. The molecule has 17 heavy (non-hydrogen) atoms. The lowest BCUT2D eigenvalue weighted by Gasteiger charge is -2.42. The molecule has 3 fully saturated rings. The predicted octanol–water partition coefficient (Wildman–Crippen LogP) is 3.98. The molecule has 5 atom stereocenters. The zero-order valence-electron chi connectivity index (χ0n) is 11.6. The minimum atomic E-state index is 0.861. The van der Waals surface area contributed by atoms with Crippen LogP contribution < -0.4 is 5.32 Å². The van der Waals surface area contributed by atoms with E-state index in [-0.39, 0.29) is 0 Å². The van der Waals surface area contributed by atoms with Crippen molar-refractivity contribution in [2.75, 3.05) is 0 Å². The number of hydrogen-bond acceptors (Lipinski definition) is 1. The van der Waals surface area contributed by atoms with Crippen molar-refractivity contribution in [3.05, 3.63) is 0 Å². The Morgan fingerprint density at radius 3 is 2.18 bits per heavy atom. The zero-order chi connectivity index (χ0) is 11.8. The van der Waals surface area contributed by atoms with Gasteiger partial charge in [-0.15, -0.1) is 0 Å². The van der Waals surface area contributed by atoms with E-state index in [2.05, 4.69) is 19.2 Å². The summed E-state index contributed by atoms with van der Waals surface area (Å²) in [6, 6.07) is 1.75. The van der Waals surface area contributed by atoms with E-state index in [1.165, 1.54) is 51.4 Å². The van der Waals surface area contributed by atoms with E-state index in [1.54, 1.807) is 0 Å². The van der Waals surface area contributed by atoms with Crippen LogP contribution in [-0.2, 0) is 0 Å². The molecule has 5 unspecified atom stereocenters. The third kappa shape index (κ3) is 2.54. The Morgan fingerprint density at radius 2 is 1.41 bits per heavy atom. The Balaban J connectivity index is 1.60. The predicted molar refractivity (Wildman–Crippen MR) is 73.0 cm³/mol. The van der Waals surface area contributed by atoms with E-state index >= 15 is 0 Å². The standard InChI is InChI=1S/C16H29N/c1-11-8-12(2)10-14(9-11)16-7-6-13-4-3-5-15(13)17-16/h11-17H,3-10H2,1-2H3. The highest BCUT2D eigenvalue weighted by Gasteiger charge is 2.38. The van der Waals surface area contributed by atoms with Crippen LogP contribution in [0.3, 0.4) is 0 Å². The van der Waals surface area contributed by atoms with Gasteiger partial charge in [0.25, 0.3) is 0 Å². The van der Waals surface area contributed by atoms with Gasteiger partial charge in [-0.05, 0) is 68.6 Å². The molecule has 0 amide bonds. The summed E-state index contributed by atoms with van der Waals surface area (Å²) in [5.74, 6) is 3.94. The van der Waals surface area contributed by atoms with Crippen LogP contribution in [0.5, 0.6) is 0 Å². The van der Waals surface area contributed by atoms with E-state index in [9.17, 15) is 0 Å². The van der Waals surface area contributed by atoms with Gasteiger partial charge in [0.15, 0.2) is 0 Å². The van der Waals surface area contributed by atoms with Gasteiger partial charge in [-0.2, -0.15) is 0 Å². The SMILES string of the molecule is CC1CC(C)CC(C2CCC3CCCC3N2)C1. The minimum absolute atomic E-state index is 0.861. The van der Waals surface area contributed by atoms with E-state index < -0.39 is 0 Å². The third-order valence-corrected chi connectivity index (χ3v) is 5.72. The summed E-state index contributed by atoms with van der Waals surface area (Å²) in [6.07, 6.45) is 11.9. The molecule has 2 saturated carbocycles. The van der Waals surface area contributed by atoms with E-state index in [1.807, 2.05) is 0 Å². The normalized spacial score (nSPS) is 51.2. The molecule has 98 valence electrons. The van der Waals surface area contributed by atoms with Gasteiger partial charge in [-0.25, -0.2) is 0 Å². The van der Waals surface area contributed by atoms with Crippen molar-refractivity contribution in [1.29, 1.82) is 0 Å².